The molecule has 2 rings (SSSR count). The first kappa shape index (κ1) is 11.7. The molecule has 0 fully saturated rings. The molecule has 0 bridgehead atoms. The van der Waals surface area contributed by atoms with E-state index in [0.717, 1.165) is 18.4 Å². The van der Waals surface area contributed by atoms with E-state index in [1.54, 1.807) is 0 Å². The lowest BCUT2D eigenvalue weighted by molar-refractivity contribution is -0.144. The van der Waals surface area contributed by atoms with Gasteiger partial charge >= 0.3 is 5.97 Å². The first-order valence-electron chi connectivity index (χ1n) is 5.96. The fraction of sp³-hybridized carbons (Fsp3) is 0.400. The van der Waals surface area contributed by atoms with E-state index in [1.165, 1.54) is 5.56 Å². The molecule has 0 aliphatic heterocycles. The first-order valence-corrected chi connectivity index (χ1v) is 5.96. The Hall–Kier alpha value is -1.75. The van der Waals surface area contributed by atoms with Crippen molar-refractivity contribution in [2.75, 3.05) is 0 Å². The second-order valence-corrected chi connectivity index (χ2v) is 4.60. The predicted octanol–water partition coefficient (Wildman–Crippen LogP) is 2.76. The summed E-state index contributed by atoms with van der Waals surface area (Å²) in [6.45, 7) is 0. The van der Waals surface area contributed by atoms with E-state index in [1.807, 2.05) is 24.3 Å². The molecule has 0 saturated carbocycles. The van der Waals surface area contributed by atoms with Crippen molar-refractivity contribution < 1.29 is 9.90 Å². The molecule has 0 amide bonds. The van der Waals surface area contributed by atoms with Crippen LogP contribution in [0, 0.1) is 12.3 Å². The van der Waals surface area contributed by atoms with Gasteiger partial charge in [-0.2, -0.15) is 0 Å². The fourth-order valence-electron chi connectivity index (χ4n) is 2.77. The van der Waals surface area contributed by atoms with Crippen molar-refractivity contribution in [1.82, 2.24) is 0 Å². The van der Waals surface area contributed by atoms with E-state index < -0.39 is 11.4 Å². The van der Waals surface area contributed by atoms with Crippen molar-refractivity contribution in [3.8, 4) is 12.3 Å². The zero-order chi connectivity index (χ0) is 12.3. The molecule has 1 aromatic carbocycles. The lowest BCUT2D eigenvalue weighted by Gasteiger charge is -2.25. The Labute approximate surface area is 102 Å². The van der Waals surface area contributed by atoms with Crippen LogP contribution in [0.25, 0.3) is 0 Å². The molecule has 88 valence electrons. The number of aryl methyl sites for hydroxylation is 1. The van der Waals surface area contributed by atoms with Gasteiger partial charge in [0.1, 0.15) is 0 Å². The molecule has 2 nitrogen and oxygen atoms in total. The van der Waals surface area contributed by atoms with Crippen LogP contribution in [0.4, 0.5) is 0 Å². The third kappa shape index (κ3) is 1.93. The van der Waals surface area contributed by atoms with Gasteiger partial charge in [-0.05, 0) is 36.8 Å². The molecule has 0 radical (unpaired) electrons. The Morgan fingerprint density at radius 2 is 2.24 bits per heavy atom. The van der Waals surface area contributed by atoms with Crippen LogP contribution in [0.15, 0.2) is 24.3 Å². The largest absolute Gasteiger partial charge is 0.481 e. The summed E-state index contributed by atoms with van der Waals surface area (Å²) in [5.74, 6) is 1.87. The van der Waals surface area contributed by atoms with E-state index in [0.29, 0.717) is 19.3 Å². The maximum Gasteiger partial charge on any atom is 0.314 e. The molecule has 1 aliphatic carbocycles. The summed E-state index contributed by atoms with van der Waals surface area (Å²) in [5, 5.41) is 9.56. The predicted molar refractivity (Wildman–Crippen MR) is 66.8 cm³/mol. The van der Waals surface area contributed by atoms with Crippen molar-refractivity contribution in [3.05, 3.63) is 35.4 Å². The van der Waals surface area contributed by atoms with Gasteiger partial charge in [-0.25, -0.2) is 0 Å². The van der Waals surface area contributed by atoms with E-state index in [9.17, 15) is 9.90 Å². The molecule has 0 saturated heterocycles. The Kier molecular flexibility index (Phi) is 3.19. The number of carbonyl (C=O) groups is 1. The Morgan fingerprint density at radius 3 is 2.94 bits per heavy atom. The second kappa shape index (κ2) is 4.63. The first-order chi connectivity index (χ1) is 8.20. The van der Waals surface area contributed by atoms with E-state index in [2.05, 4.69) is 5.92 Å². The van der Waals surface area contributed by atoms with Crippen LogP contribution in [0.1, 0.15) is 36.8 Å². The number of rotatable bonds is 4. The number of carboxylic acid groups (broad SMARTS) is 1. The molecule has 17 heavy (non-hydrogen) atoms. The Morgan fingerprint density at radius 1 is 1.47 bits per heavy atom. The number of benzene rings is 1. The Balaban J connectivity index is 2.32. The number of fused-ring (bicyclic) bond motifs is 1. The maximum atomic E-state index is 11.6. The van der Waals surface area contributed by atoms with Gasteiger partial charge in [0.15, 0.2) is 0 Å². The van der Waals surface area contributed by atoms with Gasteiger partial charge in [0.05, 0.1) is 5.41 Å². The number of carboxylic acids is 1. The van der Waals surface area contributed by atoms with Crippen LogP contribution in [-0.2, 0) is 16.6 Å². The normalized spacial score (nSPS) is 21.8. The number of hydrogen-bond donors (Lipinski definition) is 1. The van der Waals surface area contributed by atoms with Crippen LogP contribution >= 0.6 is 0 Å². The van der Waals surface area contributed by atoms with E-state index in [4.69, 9.17) is 6.42 Å². The molecule has 1 unspecified atom stereocenters. The summed E-state index contributed by atoms with van der Waals surface area (Å²) in [4.78, 5) is 11.6. The Bertz CT molecular complexity index is 470. The SMILES string of the molecule is C#CCCCC1(C(=O)O)CCc2ccccc21. The highest BCUT2D eigenvalue weighted by atomic mass is 16.4. The third-order valence-electron chi connectivity index (χ3n) is 3.69. The van der Waals surface area contributed by atoms with Crippen LogP contribution in [0.3, 0.4) is 0 Å². The van der Waals surface area contributed by atoms with Gasteiger partial charge in [0.25, 0.3) is 0 Å². The standard InChI is InChI=1S/C15H16O2/c1-2-3-6-10-15(14(16)17)11-9-12-7-4-5-8-13(12)15/h1,4-5,7-8H,3,6,9-11H2,(H,16,17). The summed E-state index contributed by atoms with van der Waals surface area (Å²) in [5.41, 5.74) is 1.47. The minimum atomic E-state index is -0.709. The van der Waals surface area contributed by atoms with Crippen LogP contribution < -0.4 is 0 Å². The molecule has 1 N–H and O–H groups in total. The minimum absolute atomic E-state index is 0.642. The summed E-state index contributed by atoms with van der Waals surface area (Å²) in [6, 6.07) is 7.87. The smallest absolute Gasteiger partial charge is 0.314 e. The van der Waals surface area contributed by atoms with Gasteiger partial charge in [0.2, 0.25) is 0 Å². The van der Waals surface area contributed by atoms with Gasteiger partial charge in [-0.15, -0.1) is 12.3 Å². The molecule has 1 aliphatic rings. The van der Waals surface area contributed by atoms with Crippen LogP contribution in [0.2, 0.25) is 0 Å². The molecular weight excluding hydrogens is 212 g/mol. The van der Waals surface area contributed by atoms with E-state index in [-0.39, 0.29) is 0 Å². The molecular formula is C15H16O2. The molecule has 0 spiro atoms. The number of terminal acetylenes is 1. The van der Waals surface area contributed by atoms with Crippen molar-refractivity contribution >= 4 is 5.97 Å². The summed E-state index contributed by atoms with van der Waals surface area (Å²) >= 11 is 0. The second-order valence-electron chi connectivity index (χ2n) is 4.60. The van der Waals surface area contributed by atoms with Crippen molar-refractivity contribution in [2.45, 2.75) is 37.5 Å². The molecule has 1 aromatic rings. The van der Waals surface area contributed by atoms with Gasteiger partial charge in [0, 0.05) is 6.42 Å². The lowest BCUT2D eigenvalue weighted by Crippen LogP contribution is -2.33. The molecule has 1 atom stereocenters. The van der Waals surface area contributed by atoms with Crippen molar-refractivity contribution in [2.24, 2.45) is 0 Å². The number of hydrogen-bond acceptors (Lipinski definition) is 1. The number of unbranched alkanes of at least 4 members (excludes halogenated alkanes) is 1. The average molecular weight is 228 g/mol. The monoisotopic (exact) mass is 228 g/mol. The summed E-state index contributed by atoms with van der Waals surface area (Å²) < 4.78 is 0. The van der Waals surface area contributed by atoms with E-state index >= 15 is 0 Å². The highest BCUT2D eigenvalue weighted by Crippen LogP contribution is 2.42. The minimum Gasteiger partial charge on any atom is -0.481 e. The highest BCUT2D eigenvalue weighted by molar-refractivity contribution is 5.83. The third-order valence-corrected chi connectivity index (χ3v) is 3.69. The zero-order valence-corrected chi connectivity index (χ0v) is 9.78. The van der Waals surface area contributed by atoms with Gasteiger partial charge in [-0.3, -0.25) is 4.79 Å². The van der Waals surface area contributed by atoms with Crippen LogP contribution in [-0.4, -0.2) is 11.1 Å². The maximum absolute atomic E-state index is 11.6. The molecule has 0 heterocycles. The quantitative estimate of drug-likeness (QED) is 0.635. The van der Waals surface area contributed by atoms with Gasteiger partial charge in [-0.1, -0.05) is 24.3 Å². The zero-order valence-electron chi connectivity index (χ0n) is 9.78. The highest BCUT2D eigenvalue weighted by Gasteiger charge is 2.44. The number of aliphatic carboxylic acids is 1. The van der Waals surface area contributed by atoms with Crippen LogP contribution in [0.5, 0.6) is 0 Å². The summed E-state index contributed by atoms with van der Waals surface area (Å²) in [7, 11) is 0. The van der Waals surface area contributed by atoms with Crippen molar-refractivity contribution in [3.63, 3.8) is 0 Å². The van der Waals surface area contributed by atoms with Gasteiger partial charge < -0.3 is 5.11 Å². The molecule has 0 aromatic heterocycles. The topological polar surface area (TPSA) is 37.3 Å². The average Bonchev–Trinajstić information content (AvgIpc) is 2.70. The molecule has 2 heteroatoms. The fourth-order valence-corrected chi connectivity index (χ4v) is 2.77. The summed E-state index contributed by atoms with van der Waals surface area (Å²) in [6.07, 6.45) is 8.86. The lowest BCUT2D eigenvalue weighted by atomic mass is 9.77. The van der Waals surface area contributed by atoms with Crippen molar-refractivity contribution in [1.29, 1.82) is 0 Å².